The van der Waals surface area contributed by atoms with E-state index >= 15 is 0 Å². The lowest BCUT2D eigenvalue weighted by Crippen LogP contribution is -2.12. The van der Waals surface area contributed by atoms with Crippen LogP contribution in [0, 0.1) is 0 Å². The number of amides is 1. The Morgan fingerprint density at radius 1 is 1.21 bits per heavy atom. The van der Waals surface area contributed by atoms with Gasteiger partial charge in [-0.15, -0.1) is 11.3 Å². The van der Waals surface area contributed by atoms with Crippen LogP contribution in [0.25, 0.3) is 10.2 Å². The number of ketones is 1. The van der Waals surface area contributed by atoms with Crippen LogP contribution < -0.4 is 10.1 Å². The summed E-state index contributed by atoms with van der Waals surface area (Å²) in [6, 6.07) is 8.87. The highest BCUT2D eigenvalue weighted by atomic mass is 35.5. The molecular formula is C16H13ClN2O3S2. The van der Waals surface area contributed by atoms with Crippen LogP contribution in [-0.2, 0) is 4.79 Å². The predicted molar refractivity (Wildman–Crippen MR) is 97.7 cm³/mol. The van der Waals surface area contributed by atoms with E-state index in [-0.39, 0.29) is 24.5 Å². The van der Waals surface area contributed by atoms with Gasteiger partial charge in [-0.2, -0.15) is 0 Å². The number of carbonyl (C=O) groups is 2. The van der Waals surface area contributed by atoms with Gasteiger partial charge in [0, 0.05) is 12.8 Å². The molecule has 3 rings (SSSR count). The molecule has 124 valence electrons. The molecule has 1 amide bonds. The quantitative estimate of drug-likeness (QED) is 0.633. The number of thiophene rings is 1. The maximum absolute atomic E-state index is 12.0. The van der Waals surface area contributed by atoms with Crippen molar-refractivity contribution < 1.29 is 14.3 Å². The number of aromatic nitrogens is 1. The number of hydrogen-bond acceptors (Lipinski definition) is 6. The van der Waals surface area contributed by atoms with Crippen LogP contribution >= 0.6 is 34.3 Å². The van der Waals surface area contributed by atoms with Gasteiger partial charge in [0.15, 0.2) is 10.9 Å². The molecule has 5 nitrogen and oxygen atoms in total. The maximum Gasteiger partial charge on any atom is 0.226 e. The fraction of sp³-hybridized carbons (Fsp3) is 0.188. The molecule has 0 unspecified atom stereocenters. The van der Waals surface area contributed by atoms with Crippen LogP contribution in [-0.4, -0.2) is 23.8 Å². The molecule has 1 aromatic carbocycles. The van der Waals surface area contributed by atoms with Crippen molar-refractivity contribution in [3.8, 4) is 5.75 Å². The Morgan fingerprint density at radius 2 is 2.04 bits per heavy atom. The molecule has 24 heavy (non-hydrogen) atoms. The molecule has 3 aromatic rings. The lowest BCUT2D eigenvalue weighted by atomic mass is 10.2. The average Bonchev–Trinajstić information content (AvgIpc) is 3.17. The largest absolute Gasteiger partial charge is 0.497 e. The SMILES string of the molecule is COc1ccc2nc(NC(=O)CCC(=O)c3ccc(Cl)s3)sc2c1. The number of halogens is 1. The molecule has 2 aromatic heterocycles. The van der Waals surface area contributed by atoms with E-state index in [0.29, 0.717) is 14.3 Å². The number of rotatable bonds is 6. The third kappa shape index (κ3) is 3.92. The second-order valence-electron chi connectivity index (χ2n) is 4.93. The summed E-state index contributed by atoms with van der Waals surface area (Å²) in [7, 11) is 1.60. The number of nitrogens with zero attached hydrogens (tertiary/aromatic N) is 1. The zero-order valence-electron chi connectivity index (χ0n) is 12.7. The van der Waals surface area contributed by atoms with Gasteiger partial charge in [0.05, 0.1) is 26.5 Å². The van der Waals surface area contributed by atoms with Crippen molar-refractivity contribution in [3.05, 3.63) is 39.5 Å². The van der Waals surface area contributed by atoms with Crippen molar-refractivity contribution in [3.63, 3.8) is 0 Å². The molecule has 0 radical (unpaired) electrons. The summed E-state index contributed by atoms with van der Waals surface area (Å²) < 4.78 is 6.65. The highest BCUT2D eigenvalue weighted by Crippen LogP contribution is 2.29. The van der Waals surface area contributed by atoms with Gasteiger partial charge in [-0.05, 0) is 30.3 Å². The Labute approximate surface area is 151 Å². The van der Waals surface area contributed by atoms with Gasteiger partial charge < -0.3 is 10.1 Å². The van der Waals surface area contributed by atoms with Crippen LogP contribution in [0.3, 0.4) is 0 Å². The topological polar surface area (TPSA) is 68.3 Å². The van der Waals surface area contributed by atoms with Gasteiger partial charge in [0.25, 0.3) is 0 Å². The van der Waals surface area contributed by atoms with Crippen molar-refractivity contribution in [2.45, 2.75) is 12.8 Å². The molecule has 8 heteroatoms. The predicted octanol–water partition coefficient (Wildman–Crippen LogP) is 4.62. The standard InChI is InChI=1S/C16H13ClN2O3S2/c1-22-9-2-3-10-13(8-9)24-16(18-10)19-15(21)7-4-11(20)12-5-6-14(17)23-12/h2-3,5-6,8H,4,7H2,1H3,(H,18,19,21). The molecule has 0 aliphatic carbocycles. The van der Waals surface area contributed by atoms with Gasteiger partial charge in [0.2, 0.25) is 5.91 Å². The number of fused-ring (bicyclic) bond motifs is 1. The first-order valence-corrected chi connectivity index (χ1v) is 9.09. The Hall–Kier alpha value is -1.96. The molecule has 0 saturated carbocycles. The molecule has 0 saturated heterocycles. The minimum atomic E-state index is -0.239. The molecule has 1 N–H and O–H groups in total. The van der Waals surface area contributed by atoms with E-state index in [0.717, 1.165) is 16.0 Å². The number of methoxy groups -OCH3 is 1. The van der Waals surface area contributed by atoms with E-state index < -0.39 is 0 Å². The first-order valence-electron chi connectivity index (χ1n) is 7.08. The van der Waals surface area contributed by atoms with Crippen molar-refractivity contribution >= 4 is 61.3 Å². The molecule has 0 aliphatic heterocycles. The van der Waals surface area contributed by atoms with E-state index in [1.165, 1.54) is 22.7 Å². The number of benzene rings is 1. The summed E-state index contributed by atoms with van der Waals surface area (Å²) in [6.07, 6.45) is 0.245. The van der Waals surface area contributed by atoms with Gasteiger partial charge in [-0.1, -0.05) is 22.9 Å². The monoisotopic (exact) mass is 380 g/mol. The van der Waals surface area contributed by atoms with E-state index in [9.17, 15) is 9.59 Å². The lowest BCUT2D eigenvalue weighted by Gasteiger charge is -2.00. The van der Waals surface area contributed by atoms with Crippen LogP contribution in [0.15, 0.2) is 30.3 Å². The molecular weight excluding hydrogens is 368 g/mol. The number of nitrogens with one attached hydrogen (secondary N) is 1. The third-order valence-electron chi connectivity index (χ3n) is 3.27. The number of Topliss-reactive ketones (excluding diaryl/α,β-unsaturated/α-hetero) is 1. The van der Waals surface area contributed by atoms with Gasteiger partial charge >= 0.3 is 0 Å². The van der Waals surface area contributed by atoms with Crippen LogP contribution in [0.5, 0.6) is 5.75 Å². The first kappa shape index (κ1) is 16.9. The van der Waals surface area contributed by atoms with Crippen LogP contribution in [0.1, 0.15) is 22.5 Å². The molecule has 0 aliphatic rings. The van der Waals surface area contributed by atoms with Gasteiger partial charge in [-0.3, -0.25) is 9.59 Å². The van der Waals surface area contributed by atoms with Gasteiger partial charge in [-0.25, -0.2) is 4.98 Å². The van der Waals surface area contributed by atoms with Crippen molar-refractivity contribution in [2.24, 2.45) is 0 Å². The Kier molecular flexibility index (Phi) is 5.13. The number of anilines is 1. The second kappa shape index (κ2) is 7.29. The zero-order chi connectivity index (χ0) is 17.1. The summed E-state index contributed by atoms with van der Waals surface area (Å²) in [4.78, 5) is 28.9. The van der Waals surface area contributed by atoms with E-state index in [2.05, 4.69) is 10.3 Å². The smallest absolute Gasteiger partial charge is 0.226 e. The molecule has 0 fully saturated rings. The zero-order valence-corrected chi connectivity index (χ0v) is 15.1. The highest BCUT2D eigenvalue weighted by molar-refractivity contribution is 7.22. The van der Waals surface area contributed by atoms with Gasteiger partial charge in [0.1, 0.15) is 5.75 Å². The minimum Gasteiger partial charge on any atom is -0.497 e. The number of ether oxygens (including phenoxy) is 1. The summed E-state index contributed by atoms with van der Waals surface area (Å²) >= 11 is 8.39. The highest BCUT2D eigenvalue weighted by Gasteiger charge is 2.13. The Bertz CT molecular complexity index is 904. The van der Waals surface area contributed by atoms with Crippen LogP contribution in [0.2, 0.25) is 4.34 Å². The van der Waals surface area contributed by atoms with E-state index in [1.54, 1.807) is 19.2 Å². The summed E-state index contributed by atoms with van der Waals surface area (Å²) in [5.74, 6) is 0.414. The number of hydrogen-bond donors (Lipinski definition) is 1. The fourth-order valence-electron chi connectivity index (χ4n) is 2.08. The molecule has 2 heterocycles. The Balaban J connectivity index is 1.59. The maximum atomic E-state index is 12.0. The van der Waals surface area contributed by atoms with Crippen molar-refractivity contribution in [2.75, 3.05) is 12.4 Å². The van der Waals surface area contributed by atoms with Crippen molar-refractivity contribution in [1.29, 1.82) is 0 Å². The summed E-state index contributed by atoms with van der Waals surface area (Å²) in [5.41, 5.74) is 0.792. The van der Waals surface area contributed by atoms with Crippen LogP contribution in [0.4, 0.5) is 5.13 Å². The van der Waals surface area contributed by atoms with E-state index in [4.69, 9.17) is 16.3 Å². The first-order chi connectivity index (χ1) is 11.5. The minimum absolute atomic E-state index is 0.0870. The summed E-state index contributed by atoms with van der Waals surface area (Å²) in [5, 5.41) is 3.24. The fourth-order valence-corrected chi connectivity index (χ4v) is 4.00. The molecule has 0 atom stereocenters. The number of thiazole rings is 1. The third-order valence-corrected chi connectivity index (χ3v) is 5.47. The molecule has 0 bridgehead atoms. The van der Waals surface area contributed by atoms with Crippen molar-refractivity contribution in [1.82, 2.24) is 4.98 Å². The summed E-state index contributed by atoms with van der Waals surface area (Å²) in [6.45, 7) is 0. The van der Waals surface area contributed by atoms with E-state index in [1.807, 2.05) is 18.2 Å². The molecule has 0 spiro atoms. The normalized spacial score (nSPS) is 10.8. The second-order valence-corrected chi connectivity index (χ2v) is 7.67. The number of carbonyl (C=O) groups excluding carboxylic acids is 2. The lowest BCUT2D eigenvalue weighted by molar-refractivity contribution is -0.116. The average molecular weight is 381 g/mol. The Morgan fingerprint density at radius 3 is 2.75 bits per heavy atom.